The normalized spacial score (nSPS) is 10.8. The molecule has 1 rings (SSSR count). The Balaban J connectivity index is 1.89. The van der Waals surface area contributed by atoms with Crippen molar-refractivity contribution in [2.75, 3.05) is 6.54 Å². The quantitative estimate of drug-likeness (QED) is 0.571. The predicted octanol–water partition coefficient (Wildman–Crippen LogP) is 4.62. The molecule has 0 aliphatic rings. The average Bonchev–Trinajstić information content (AvgIpc) is 2.41. The maximum atomic E-state index is 9.35. The molecule has 1 aromatic rings. The van der Waals surface area contributed by atoms with E-state index in [1.165, 1.54) is 51.4 Å². The van der Waals surface area contributed by atoms with Crippen molar-refractivity contribution in [2.24, 2.45) is 0 Å². The lowest BCUT2D eigenvalue weighted by atomic mass is 10.1. The van der Waals surface area contributed by atoms with Gasteiger partial charge in [0.05, 0.1) is 0 Å². The minimum atomic E-state index is 0.353. The summed E-state index contributed by atoms with van der Waals surface area (Å²) in [5.74, 6) is 0.353. The van der Waals surface area contributed by atoms with Gasteiger partial charge in [-0.25, -0.2) is 0 Å². The second-order valence-electron chi connectivity index (χ2n) is 5.32. The van der Waals surface area contributed by atoms with E-state index in [4.69, 9.17) is 0 Å². The first-order chi connectivity index (χ1) is 9.33. The number of nitrogens with one attached hydrogen (secondary N) is 1. The first kappa shape index (κ1) is 16.0. The van der Waals surface area contributed by atoms with Crippen LogP contribution in [0.25, 0.3) is 0 Å². The highest BCUT2D eigenvalue weighted by Gasteiger charge is 1.95. The first-order valence-electron chi connectivity index (χ1n) is 7.81. The number of aromatic hydroxyl groups is 1. The van der Waals surface area contributed by atoms with Crippen LogP contribution < -0.4 is 5.32 Å². The number of rotatable bonds is 11. The fraction of sp³-hybridized carbons (Fsp3) is 0.647. The average molecular weight is 263 g/mol. The molecule has 0 aliphatic carbocycles. The van der Waals surface area contributed by atoms with Crippen LogP contribution >= 0.6 is 0 Å². The largest absolute Gasteiger partial charge is 0.508 e. The molecule has 0 bridgehead atoms. The van der Waals surface area contributed by atoms with Crippen LogP contribution in [0.15, 0.2) is 24.3 Å². The van der Waals surface area contributed by atoms with Crippen LogP contribution in [0.3, 0.4) is 0 Å². The van der Waals surface area contributed by atoms with Gasteiger partial charge in [0.15, 0.2) is 0 Å². The monoisotopic (exact) mass is 263 g/mol. The van der Waals surface area contributed by atoms with Gasteiger partial charge in [0.25, 0.3) is 0 Å². The molecule has 0 radical (unpaired) electrons. The molecule has 0 heterocycles. The van der Waals surface area contributed by atoms with Gasteiger partial charge in [0.1, 0.15) is 5.75 Å². The number of hydrogen-bond donors (Lipinski definition) is 2. The van der Waals surface area contributed by atoms with E-state index in [9.17, 15) is 5.11 Å². The zero-order chi connectivity index (χ0) is 13.8. The van der Waals surface area contributed by atoms with E-state index in [-0.39, 0.29) is 0 Å². The van der Waals surface area contributed by atoms with Gasteiger partial charge in [-0.3, -0.25) is 0 Å². The van der Waals surface area contributed by atoms with E-state index in [1.807, 2.05) is 18.2 Å². The van der Waals surface area contributed by atoms with Gasteiger partial charge in [-0.05, 0) is 30.7 Å². The Labute approximate surface area is 118 Å². The van der Waals surface area contributed by atoms with Crippen molar-refractivity contribution in [3.63, 3.8) is 0 Å². The van der Waals surface area contributed by atoms with Crippen LogP contribution in [0, 0.1) is 0 Å². The molecule has 0 aliphatic heterocycles. The summed E-state index contributed by atoms with van der Waals surface area (Å²) in [5, 5.41) is 12.8. The SMILES string of the molecule is CCCCCCCCCCNCc1cccc(O)c1. The fourth-order valence-electron chi connectivity index (χ4n) is 2.28. The zero-order valence-electron chi connectivity index (χ0n) is 12.3. The van der Waals surface area contributed by atoms with Gasteiger partial charge in [-0.1, -0.05) is 64.0 Å². The second-order valence-corrected chi connectivity index (χ2v) is 5.32. The highest BCUT2D eigenvalue weighted by molar-refractivity contribution is 5.26. The number of unbranched alkanes of at least 4 members (excludes halogenated alkanes) is 7. The minimum Gasteiger partial charge on any atom is -0.508 e. The van der Waals surface area contributed by atoms with Gasteiger partial charge in [-0.2, -0.15) is 0 Å². The van der Waals surface area contributed by atoms with Gasteiger partial charge in [0, 0.05) is 6.54 Å². The Morgan fingerprint density at radius 3 is 2.32 bits per heavy atom. The first-order valence-corrected chi connectivity index (χ1v) is 7.81. The Morgan fingerprint density at radius 2 is 1.63 bits per heavy atom. The van der Waals surface area contributed by atoms with Crippen molar-refractivity contribution in [3.8, 4) is 5.75 Å². The molecule has 0 amide bonds. The van der Waals surface area contributed by atoms with E-state index < -0.39 is 0 Å². The highest BCUT2D eigenvalue weighted by Crippen LogP contribution is 2.11. The molecule has 19 heavy (non-hydrogen) atoms. The standard InChI is InChI=1S/C17H29NO/c1-2-3-4-5-6-7-8-9-13-18-15-16-11-10-12-17(19)14-16/h10-12,14,18-19H,2-9,13,15H2,1H3. The van der Waals surface area contributed by atoms with Crippen LogP contribution in [0.1, 0.15) is 63.9 Å². The summed E-state index contributed by atoms with van der Waals surface area (Å²) < 4.78 is 0. The minimum absolute atomic E-state index is 0.353. The molecular weight excluding hydrogens is 234 g/mol. The lowest BCUT2D eigenvalue weighted by molar-refractivity contribution is 0.474. The number of benzene rings is 1. The van der Waals surface area contributed by atoms with E-state index in [1.54, 1.807) is 6.07 Å². The molecule has 1 aromatic carbocycles. The number of phenolic OH excluding ortho intramolecular Hbond substituents is 1. The third kappa shape index (κ3) is 8.66. The van der Waals surface area contributed by atoms with Gasteiger partial charge >= 0.3 is 0 Å². The Bertz CT molecular complexity index is 325. The second kappa shape index (κ2) is 10.9. The Hall–Kier alpha value is -1.02. The maximum absolute atomic E-state index is 9.35. The van der Waals surface area contributed by atoms with Crippen LogP contribution in [-0.4, -0.2) is 11.7 Å². The van der Waals surface area contributed by atoms with E-state index in [2.05, 4.69) is 12.2 Å². The lowest BCUT2D eigenvalue weighted by Gasteiger charge is -2.05. The summed E-state index contributed by atoms with van der Waals surface area (Å²) in [5.41, 5.74) is 1.15. The lowest BCUT2D eigenvalue weighted by Crippen LogP contribution is -2.14. The molecular formula is C17H29NO. The van der Waals surface area contributed by atoms with Gasteiger partial charge in [0.2, 0.25) is 0 Å². The molecule has 0 aromatic heterocycles. The molecule has 0 fully saturated rings. The summed E-state index contributed by atoms with van der Waals surface area (Å²) in [6.45, 7) is 4.19. The topological polar surface area (TPSA) is 32.3 Å². The van der Waals surface area contributed by atoms with E-state index in [0.29, 0.717) is 5.75 Å². The molecule has 2 nitrogen and oxygen atoms in total. The molecule has 0 spiro atoms. The fourth-order valence-corrected chi connectivity index (χ4v) is 2.28. The summed E-state index contributed by atoms with van der Waals surface area (Å²) in [4.78, 5) is 0. The summed E-state index contributed by atoms with van der Waals surface area (Å²) in [7, 11) is 0. The number of hydrogen-bond acceptors (Lipinski definition) is 2. The van der Waals surface area contributed by atoms with Crippen molar-refractivity contribution in [1.29, 1.82) is 0 Å². The molecule has 2 N–H and O–H groups in total. The smallest absolute Gasteiger partial charge is 0.115 e. The molecule has 0 unspecified atom stereocenters. The summed E-state index contributed by atoms with van der Waals surface area (Å²) in [6, 6.07) is 7.46. The molecule has 2 heteroatoms. The van der Waals surface area contributed by atoms with Crippen LogP contribution in [0.5, 0.6) is 5.75 Å². The van der Waals surface area contributed by atoms with Crippen molar-refractivity contribution in [3.05, 3.63) is 29.8 Å². The third-order valence-corrected chi connectivity index (χ3v) is 3.45. The van der Waals surface area contributed by atoms with Gasteiger partial charge < -0.3 is 10.4 Å². The van der Waals surface area contributed by atoms with Crippen molar-refractivity contribution < 1.29 is 5.11 Å². The predicted molar refractivity (Wildman–Crippen MR) is 82.4 cm³/mol. The number of phenols is 1. The van der Waals surface area contributed by atoms with Crippen molar-refractivity contribution in [2.45, 2.75) is 64.8 Å². The van der Waals surface area contributed by atoms with E-state index >= 15 is 0 Å². The van der Waals surface area contributed by atoms with Crippen molar-refractivity contribution >= 4 is 0 Å². The van der Waals surface area contributed by atoms with Crippen LogP contribution in [0.4, 0.5) is 0 Å². The van der Waals surface area contributed by atoms with Crippen LogP contribution in [-0.2, 0) is 6.54 Å². The molecule has 0 saturated heterocycles. The van der Waals surface area contributed by atoms with Gasteiger partial charge in [-0.15, -0.1) is 0 Å². The highest BCUT2D eigenvalue weighted by atomic mass is 16.3. The molecule has 108 valence electrons. The van der Waals surface area contributed by atoms with Crippen LogP contribution in [0.2, 0.25) is 0 Å². The van der Waals surface area contributed by atoms with Crippen molar-refractivity contribution in [1.82, 2.24) is 5.32 Å². The summed E-state index contributed by atoms with van der Waals surface area (Å²) >= 11 is 0. The zero-order valence-corrected chi connectivity index (χ0v) is 12.3. The van der Waals surface area contributed by atoms with E-state index in [0.717, 1.165) is 18.7 Å². The third-order valence-electron chi connectivity index (χ3n) is 3.45. The maximum Gasteiger partial charge on any atom is 0.115 e. The molecule has 0 saturated carbocycles. The summed E-state index contributed by atoms with van der Waals surface area (Å²) in [6.07, 6.45) is 10.9. The Kier molecular flexibility index (Phi) is 9.17. The molecule has 0 atom stereocenters. The Morgan fingerprint density at radius 1 is 0.947 bits per heavy atom.